The van der Waals surface area contributed by atoms with Gasteiger partial charge in [-0.1, -0.05) is 23.4 Å². The second-order valence-corrected chi connectivity index (χ2v) is 7.78. The largest absolute Gasteiger partial charge is 0.337 e. The third-order valence-corrected chi connectivity index (χ3v) is 5.70. The van der Waals surface area contributed by atoms with Crippen LogP contribution in [0.2, 0.25) is 0 Å². The second-order valence-electron chi connectivity index (χ2n) is 7.78. The topological polar surface area (TPSA) is 94.2 Å². The number of carbonyl (C=O) groups is 1. The van der Waals surface area contributed by atoms with E-state index in [-0.39, 0.29) is 23.1 Å². The van der Waals surface area contributed by atoms with E-state index < -0.39 is 4.92 Å². The van der Waals surface area contributed by atoms with E-state index in [1.165, 1.54) is 22.9 Å². The van der Waals surface area contributed by atoms with Crippen LogP contribution in [-0.4, -0.2) is 43.8 Å². The molecule has 1 saturated heterocycles. The SMILES string of the molecule is Cc1c(C(=O)N2CCC(Cc3cccc(F)c3)CC2)nnn1-c1cccc([N+](=O)[O-])c1. The molecular weight excluding hydrogens is 401 g/mol. The minimum Gasteiger partial charge on any atom is -0.337 e. The molecule has 1 aromatic heterocycles. The quantitative estimate of drug-likeness (QED) is 0.461. The molecule has 8 nitrogen and oxygen atoms in total. The number of nitro benzene ring substituents is 1. The van der Waals surface area contributed by atoms with Gasteiger partial charge in [0, 0.05) is 25.2 Å². The lowest BCUT2D eigenvalue weighted by molar-refractivity contribution is -0.384. The number of piperidine rings is 1. The van der Waals surface area contributed by atoms with Gasteiger partial charge in [0.1, 0.15) is 5.82 Å². The molecule has 0 atom stereocenters. The number of hydrogen-bond donors (Lipinski definition) is 0. The van der Waals surface area contributed by atoms with E-state index in [0.29, 0.717) is 30.4 Å². The zero-order valence-electron chi connectivity index (χ0n) is 17.1. The van der Waals surface area contributed by atoms with Crippen LogP contribution < -0.4 is 0 Å². The van der Waals surface area contributed by atoms with Gasteiger partial charge in [-0.15, -0.1) is 5.10 Å². The number of non-ortho nitro benzene ring substituents is 1. The van der Waals surface area contributed by atoms with Crippen LogP contribution in [0.15, 0.2) is 48.5 Å². The zero-order chi connectivity index (χ0) is 22.0. The first kappa shape index (κ1) is 20.6. The van der Waals surface area contributed by atoms with E-state index in [9.17, 15) is 19.3 Å². The first-order valence-corrected chi connectivity index (χ1v) is 10.1. The van der Waals surface area contributed by atoms with Gasteiger partial charge in [-0.3, -0.25) is 14.9 Å². The van der Waals surface area contributed by atoms with Gasteiger partial charge < -0.3 is 4.90 Å². The van der Waals surface area contributed by atoms with Gasteiger partial charge in [0.2, 0.25) is 0 Å². The van der Waals surface area contributed by atoms with Crippen molar-refractivity contribution in [1.82, 2.24) is 19.9 Å². The van der Waals surface area contributed by atoms with Gasteiger partial charge in [-0.05, 0) is 55.9 Å². The molecule has 0 saturated carbocycles. The lowest BCUT2D eigenvalue weighted by Crippen LogP contribution is -2.39. The van der Waals surface area contributed by atoms with Gasteiger partial charge >= 0.3 is 0 Å². The molecule has 9 heteroatoms. The summed E-state index contributed by atoms with van der Waals surface area (Å²) in [5.74, 6) is -0.0293. The number of benzene rings is 2. The van der Waals surface area contributed by atoms with Crippen LogP contribution in [-0.2, 0) is 6.42 Å². The molecule has 31 heavy (non-hydrogen) atoms. The Bertz CT molecular complexity index is 1120. The number of nitro groups is 1. The van der Waals surface area contributed by atoms with E-state index in [1.54, 1.807) is 36.1 Å². The highest BCUT2D eigenvalue weighted by Gasteiger charge is 2.27. The van der Waals surface area contributed by atoms with Crippen molar-refractivity contribution in [3.05, 3.63) is 81.4 Å². The number of hydrogen-bond acceptors (Lipinski definition) is 5. The maximum absolute atomic E-state index is 13.4. The first-order valence-electron chi connectivity index (χ1n) is 10.1. The number of halogens is 1. The summed E-state index contributed by atoms with van der Waals surface area (Å²) >= 11 is 0. The third kappa shape index (κ3) is 4.45. The summed E-state index contributed by atoms with van der Waals surface area (Å²) in [4.78, 5) is 25.3. The summed E-state index contributed by atoms with van der Waals surface area (Å²) < 4.78 is 14.8. The highest BCUT2D eigenvalue weighted by atomic mass is 19.1. The second kappa shape index (κ2) is 8.63. The maximum Gasteiger partial charge on any atom is 0.276 e. The Kier molecular flexibility index (Phi) is 5.75. The molecule has 0 N–H and O–H groups in total. The van der Waals surface area contributed by atoms with Crippen LogP contribution in [0, 0.1) is 28.8 Å². The average Bonchev–Trinajstić information content (AvgIpc) is 3.15. The molecule has 2 heterocycles. The summed E-state index contributed by atoms with van der Waals surface area (Å²) in [6.07, 6.45) is 2.46. The Morgan fingerprint density at radius 2 is 1.94 bits per heavy atom. The Morgan fingerprint density at radius 1 is 1.19 bits per heavy atom. The van der Waals surface area contributed by atoms with Crippen molar-refractivity contribution in [2.45, 2.75) is 26.2 Å². The van der Waals surface area contributed by atoms with Gasteiger partial charge in [0.05, 0.1) is 16.3 Å². The fourth-order valence-corrected chi connectivity index (χ4v) is 4.00. The minimum atomic E-state index is -0.476. The molecule has 1 aliphatic rings. The van der Waals surface area contributed by atoms with Crippen LogP contribution in [0.1, 0.15) is 34.6 Å². The van der Waals surface area contributed by atoms with E-state index in [1.807, 2.05) is 6.07 Å². The van der Waals surface area contributed by atoms with Gasteiger partial charge in [-0.25, -0.2) is 9.07 Å². The Balaban J connectivity index is 1.43. The van der Waals surface area contributed by atoms with Crippen LogP contribution in [0.4, 0.5) is 10.1 Å². The molecule has 0 bridgehead atoms. The molecule has 1 fully saturated rings. The lowest BCUT2D eigenvalue weighted by Gasteiger charge is -2.31. The minimum absolute atomic E-state index is 0.0550. The van der Waals surface area contributed by atoms with Crippen molar-refractivity contribution >= 4 is 11.6 Å². The molecular formula is C22H22FN5O3. The van der Waals surface area contributed by atoms with E-state index in [4.69, 9.17) is 0 Å². The number of likely N-dealkylation sites (tertiary alicyclic amines) is 1. The van der Waals surface area contributed by atoms with Crippen molar-refractivity contribution in [3.63, 3.8) is 0 Å². The van der Waals surface area contributed by atoms with Crippen molar-refractivity contribution in [2.24, 2.45) is 5.92 Å². The number of aromatic nitrogens is 3. The highest BCUT2D eigenvalue weighted by Crippen LogP contribution is 2.24. The maximum atomic E-state index is 13.4. The summed E-state index contributed by atoms with van der Waals surface area (Å²) in [7, 11) is 0. The average molecular weight is 423 g/mol. The number of amides is 1. The zero-order valence-corrected chi connectivity index (χ0v) is 17.1. The smallest absolute Gasteiger partial charge is 0.276 e. The van der Waals surface area contributed by atoms with Crippen LogP contribution in [0.5, 0.6) is 0 Å². The standard InChI is InChI=1S/C22H22FN5O3/c1-15-21(24-25-27(15)19-6-3-7-20(14-19)28(30)31)22(29)26-10-8-16(9-11-26)12-17-4-2-5-18(23)13-17/h2-7,13-14,16H,8-12H2,1H3. The van der Waals surface area contributed by atoms with Crippen LogP contribution in [0.3, 0.4) is 0 Å². The van der Waals surface area contributed by atoms with Crippen LogP contribution in [0.25, 0.3) is 5.69 Å². The van der Waals surface area contributed by atoms with Gasteiger partial charge in [0.25, 0.3) is 11.6 Å². The highest BCUT2D eigenvalue weighted by molar-refractivity contribution is 5.93. The summed E-state index contributed by atoms with van der Waals surface area (Å²) in [6, 6.07) is 12.7. The van der Waals surface area contributed by atoms with Gasteiger partial charge in [0.15, 0.2) is 5.69 Å². The van der Waals surface area contributed by atoms with Crippen LogP contribution >= 0.6 is 0 Å². The fourth-order valence-electron chi connectivity index (χ4n) is 4.00. The van der Waals surface area contributed by atoms with Crippen molar-refractivity contribution < 1.29 is 14.1 Å². The predicted octanol–water partition coefficient (Wildman–Crippen LogP) is 3.72. The molecule has 2 aromatic carbocycles. The third-order valence-electron chi connectivity index (χ3n) is 5.70. The molecule has 1 amide bonds. The molecule has 0 aliphatic carbocycles. The Morgan fingerprint density at radius 3 is 2.65 bits per heavy atom. The van der Waals surface area contributed by atoms with E-state index >= 15 is 0 Å². The first-order chi connectivity index (χ1) is 14.9. The van der Waals surface area contributed by atoms with Crippen molar-refractivity contribution in [3.8, 4) is 5.69 Å². The normalized spacial score (nSPS) is 14.6. The molecule has 1 aliphatic heterocycles. The molecule has 3 aromatic rings. The van der Waals surface area contributed by atoms with E-state index in [0.717, 1.165) is 24.8 Å². The Hall–Kier alpha value is -3.62. The predicted molar refractivity (Wildman–Crippen MR) is 111 cm³/mol. The summed E-state index contributed by atoms with van der Waals surface area (Å²) in [5.41, 5.74) is 2.18. The van der Waals surface area contributed by atoms with Crippen molar-refractivity contribution in [2.75, 3.05) is 13.1 Å². The molecule has 4 rings (SSSR count). The van der Waals surface area contributed by atoms with Gasteiger partial charge in [-0.2, -0.15) is 0 Å². The molecule has 160 valence electrons. The number of rotatable bonds is 5. The summed E-state index contributed by atoms with van der Waals surface area (Å²) in [6.45, 7) is 2.92. The molecule has 0 radical (unpaired) electrons. The summed E-state index contributed by atoms with van der Waals surface area (Å²) in [5, 5.41) is 19.1. The fraction of sp³-hybridized carbons (Fsp3) is 0.318. The van der Waals surface area contributed by atoms with Crippen molar-refractivity contribution in [1.29, 1.82) is 0 Å². The Labute approximate surface area is 178 Å². The number of carbonyl (C=O) groups excluding carboxylic acids is 1. The number of nitrogens with zero attached hydrogens (tertiary/aromatic N) is 5. The van der Waals surface area contributed by atoms with E-state index in [2.05, 4.69) is 10.3 Å². The molecule has 0 unspecified atom stereocenters. The lowest BCUT2D eigenvalue weighted by atomic mass is 9.90. The molecule has 0 spiro atoms. The monoisotopic (exact) mass is 423 g/mol.